The molecule has 3 N–H and O–H groups in total. The molecule has 0 fully saturated rings. The Bertz CT molecular complexity index is 326. The SMILES string of the molecule is CC(C)CC(O)CNS(=O)(=O)CCCC(=O)O. The van der Waals surface area contributed by atoms with Crippen LogP contribution in [0.3, 0.4) is 0 Å². The molecule has 0 bridgehead atoms. The fourth-order valence-electron chi connectivity index (χ4n) is 1.34. The van der Waals surface area contributed by atoms with Crippen molar-refractivity contribution in [3.05, 3.63) is 0 Å². The molecular formula is C10H21NO5S. The number of carboxylic acids is 1. The Morgan fingerprint density at radius 2 is 1.94 bits per heavy atom. The highest BCUT2D eigenvalue weighted by molar-refractivity contribution is 7.89. The molecule has 1 atom stereocenters. The Morgan fingerprint density at radius 3 is 2.41 bits per heavy atom. The van der Waals surface area contributed by atoms with Gasteiger partial charge in [0.15, 0.2) is 0 Å². The van der Waals surface area contributed by atoms with Crippen LogP contribution in [0.15, 0.2) is 0 Å². The van der Waals surface area contributed by atoms with Crippen LogP contribution in [0.2, 0.25) is 0 Å². The van der Waals surface area contributed by atoms with E-state index in [-0.39, 0.29) is 25.1 Å². The highest BCUT2D eigenvalue weighted by atomic mass is 32.2. The summed E-state index contributed by atoms with van der Waals surface area (Å²) in [5.74, 6) is -0.949. The van der Waals surface area contributed by atoms with Gasteiger partial charge in [-0.15, -0.1) is 0 Å². The van der Waals surface area contributed by atoms with Gasteiger partial charge in [0.05, 0.1) is 11.9 Å². The molecule has 17 heavy (non-hydrogen) atoms. The van der Waals surface area contributed by atoms with Gasteiger partial charge in [0.1, 0.15) is 0 Å². The van der Waals surface area contributed by atoms with Gasteiger partial charge in [-0.2, -0.15) is 0 Å². The van der Waals surface area contributed by atoms with Crippen LogP contribution >= 0.6 is 0 Å². The van der Waals surface area contributed by atoms with E-state index in [0.29, 0.717) is 12.3 Å². The summed E-state index contributed by atoms with van der Waals surface area (Å²) < 4.78 is 25.0. The molecule has 7 heteroatoms. The Labute approximate surface area is 102 Å². The first-order valence-electron chi connectivity index (χ1n) is 5.60. The van der Waals surface area contributed by atoms with Crippen molar-refractivity contribution in [3.63, 3.8) is 0 Å². The maximum atomic E-state index is 11.4. The predicted octanol–water partition coefficient (Wildman–Crippen LogP) is 0.178. The standard InChI is InChI=1S/C10H21NO5S/c1-8(2)6-9(12)7-11-17(15,16)5-3-4-10(13)14/h8-9,11-12H,3-7H2,1-2H3,(H,13,14). The van der Waals surface area contributed by atoms with E-state index in [9.17, 15) is 18.3 Å². The molecule has 0 aliphatic carbocycles. The molecule has 1 unspecified atom stereocenters. The third kappa shape index (κ3) is 10.2. The summed E-state index contributed by atoms with van der Waals surface area (Å²) in [4.78, 5) is 10.2. The number of carbonyl (C=O) groups is 1. The van der Waals surface area contributed by atoms with Crippen molar-refractivity contribution in [2.24, 2.45) is 5.92 Å². The van der Waals surface area contributed by atoms with Crippen LogP contribution < -0.4 is 4.72 Å². The smallest absolute Gasteiger partial charge is 0.303 e. The van der Waals surface area contributed by atoms with Gasteiger partial charge in [-0.1, -0.05) is 13.8 Å². The zero-order chi connectivity index (χ0) is 13.5. The third-order valence-corrected chi connectivity index (χ3v) is 3.52. The zero-order valence-corrected chi connectivity index (χ0v) is 11.0. The number of nitrogens with one attached hydrogen (secondary N) is 1. The minimum atomic E-state index is -3.48. The molecule has 0 heterocycles. The second kappa shape index (κ2) is 7.62. The van der Waals surface area contributed by atoms with Gasteiger partial charge in [0.25, 0.3) is 0 Å². The summed E-state index contributed by atoms with van der Waals surface area (Å²) in [6, 6.07) is 0. The van der Waals surface area contributed by atoms with E-state index < -0.39 is 22.1 Å². The van der Waals surface area contributed by atoms with Crippen LogP contribution in [0.4, 0.5) is 0 Å². The lowest BCUT2D eigenvalue weighted by Gasteiger charge is -2.13. The maximum absolute atomic E-state index is 11.4. The summed E-state index contributed by atoms with van der Waals surface area (Å²) in [6.45, 7) is 3.85. The lowest BCUT2D eigenvalue weighted by molar-refractivity contribution is -0.137. The van der Waals surface area contributed by atoms with Crippen molar-refractivity contribution in [3.8, 4) is 0 Å². The number of aliphatic hydroxyl groups excluding tert-OH is 1. The highest BCUT2D eigenvalue weighted by Crippen LogP contribution is 2.04. The first-order chi connectivity index (χ1) is 7.73. The molecule has 0 radical (unpaired) electrons. The minimum absolute atomic E-state index is 0.0203. The molecule has 0 rings (SSSR count). The summed E-state index contributed by atoms with van der Waals surface area (Å²) in [7, 11) is -3.48. The topological polar surface area (TPSA) is 104 Å². The predicted molar refractivity (Wildman–Crippen MR) is 64.1 cm³/mol. The van der Waals surface area contributed by atoms with Crippen molar-refractivity contribution in [1.29, 1.82) is 0 Å². The fraction of sp³-hybridized carbons (Fsp3) is 0.900. The normalized spacial score (nSPS) is 13.9. The number of hydrogen-bond donors (Lipinski definition) is 3. The van der Waals surface area contributed by atoms with Crippen LogP contribution in [-0.2, 0) is 14.8 Å². The Kier molecular flexibility index (Phi) is 7.33. The Morgan fingerprint density at radius 1 is 1.35 bits per heavy atom. The van der Waals surface area contributed by atoms with Gasteiger partial charge in [-0.05, 0) is 18.8 Å². The van der Waals surface area contributed by atoms with E-state index in [2.05, 4.69) is 4.72 Å². The summed E-state index contributed by atoms with van der Waals surface area (Å²) in [5, 5.41) is 17.8. The van der Waals surface area contributed by atoms with Crippen LogP contribution in [-0.4, -0.2) is 43.0 Å². The average Bonchev–Trinajstić information content (AvgIpc) is 2.13. The quantitative estimate of drug-likeness (QED) is 0.553. The highest BCUT2D eigenvalue weighted by Gasteiger charge is 2.14. The molecule has 0 saturated heterocycles. The molecule has 0 aromatic heterocycles. The summed E-state index contributed by atoms with van der Waals surface area (Å²) in [5.41, 5.74) is 0. The van der Waals surface area contributed by atoms with Crippen molar-refractivity contribution >= 4 is 16.0 Å². The second-order valence-corrected chi connectivity index (χ2v) is 6.37. The van der Waals surface area contributed by atoms with Gasteiger partial charge < -0.3 is 10.2 Å². The van der Waals surface area contributed by atoms with Crippen LogP contribution in [0.1, 0.15) is 33.1 Å². The van der Waals surface area contributed by atoms with Crippen molar-refractivity contribution in [1.82, 2.24) is 4.72 Å². The number of sulfonamides is 1. The summed E-state index contributed by atoms with van der Waals surface area (Å²) in [6.07, 6.45) is -0.276. The number of carboxylic acid groups (broad SMARTS) is 1. The van der Waals surface area contributed by atoms with E-state index >= 15 is 0 Å². The Balaban J connectivity index is 3.89. The third-order valence-electron chi connectivity index (χ3n) is 2.09. The molecule has 6 nitrogen and oxygen atoms in total. The Hall–Kier alpha value is -0.660. The maximum Gasteiger partial charge on any atom is 0.303 e. The second-order valence-electron chi connectivity index (χ2n) is 4.45. The minimum Gasteiger partial charge on any atom is -0.481 e. The lowest BCUT2D eigenvalue weighted by atomic mass is 10.1. The molecule has 0 saturated carbocycles. The van der Waals surface area contributed by atoms with Crippen molar-refractivity contribution in [2.75, 3.05) is 12.3 Å². The number of aliphatic hydroxyl groups is 1. The fourth-order valence-corrected chi connectivity index (χ4v) is 2.45. The van der Waals surface area contributed by atoms with Crippen LogP contribution in [0.5, 0.6) is 0 Å². The van der Waals surface area contributed by atoms with Gasteiger partial charge in [0.2, 0.25) is 10.0 Å². The molecular weight excluding hydrogens is 246 g/mol. The van der Waals surface area contributed by atoms with E-state index in [4.69, 9.17) is 5.11 Å². The number of rotatable bonds is 9. The van der Waals surface area contributed by atoms with Gasteiger partial charge >= 0.3 is 5.97 Å². The molecule has 0 aliphatic heterocycles. The van der Waals surface area contributed by atoms with Gasteiger partial charge in [-0.25, -0.2) is 13.1 Å². The van der Waals surface area contributed by atoms with Gasteiger partial charge in [-0.3, -0.25) is 4.79 Å². The van der Waals surface area contributed by atoms with Crippen LogP contribution in [0, 0.1) is 5.92 Å². The van der Waals surface area contributed by atoms with E-state index in [1.807, 2.05) is 13.8 Å². The lowest BCUT2D eigenvalue weighted by Crippen LogP contribution is -2.34. The molecule has 0 aromatic rings. The number of hydrogen-bond acceptors (Lipinski definition) is 4. The first-order valence-corrected chi connectivity index (χ1v) is 7.25. The molecule has 0 amide bonds. The van der Waals surface area contributed by atoms with Gasteiger partial charge in [0, 0.05) is 13.0 Å². The van der Waals surface area contributed by atoms with Crippen molar-refractivity contribution in [2.45, 2.75) is 39.2 Å². The van der Waals surface area contributed by atoms with E-state index in [1.165, 1.54) is 0 Å². The molecule has 0 aromatic carbocycles. The average molecular weight is 267 g/mol. The molecule has 102 valence electrons. The molecule has 0 spiro atoms. The largest absolute Gasteiger partial charge is 0.481 e. The molecule has 0 aliphatic rings. The number of aliphatic carboxylic acids is 1. The van der Waals surface area contributed by atoms with E-state index in [1.54, 1.807) is 0 Å². The zero-order valence-electron chi connectivity index (χ0n) is 10.2. The summed E-state index contributed by atoms with van der Waals surface area (Å²) >= 11 is 0. The monoisotopic (exact) mass is 267 g/mol. The van der Waals surface area contributed by atoms with Crippen molar-refractivity contribution < 1.29 is 23.4 Å². The van der Waals surface area contributed by atoms with E-state index in [0.717, 1.165) is 0 Å². The first kappa shape index (κ1) is 16.3. The van der Waals surface area contributed by atoms with Crippen LogP contribution in [0.25, 0.3) is 0 Å².